The molecule has 0 bridgehead atoms. The molecule has 1 atom stereocenters. The van der Waals surface area contributed by atoms with Crippen LogP contribution in [0.5, 0.6) is 0 Å². The Morgan fingerprint density at radius 2 is 2.00 bits per heavy atom. The lowest BCUT2D eigenvalue weighted by Crippen LogP contribution is -2.36. The second-order valence-corrected chi connectivity index (χ2v) is 6.78. The van der Waals surface area contributed by atoms with Crippen LogP contribution in [0.25, 0.3) is 0 Å². The summed E-state index contributed by atoms with van der Waals surface area (Å²) < 4.78 is 25.8. The average Bonchev–Trinajstić information content (AvgIpc) is 2.60. The predicted molar refractivity (Wildman–Crippen MR) is 69.2 cm³/mol. The maximum absolute atomic E-state index is 12.2. The number of rotatable bonds is 2. The van der Waals surface area contributed by atoms with Gasteiger partial charge in [0.1, 0.15) is 0 Å². The molecule has 4 nitrogen and oxygen atoms in total. The second kappa shape index (κ2) is 5.09. The molecular formula is C13H16N2O2S. The molecule has 96 valence electrons. The number of sulfonamides is 1. The van der Waals surface area contributed by atoms with Crippen LogP contribution in [-0.2, 0) is 23.0 Å². The highest BCUT2D eigenvalue weighted by atomic mass is 32.2. The van der Waals surface area contributed by atoms with Crippen LogP contribution >= 0.6 is 0 Å². The fraction of sp³-hybridized carbons (Fsp3) is 0.462. The van der Waals surface area contributed by atoms with Crippen LogP contribution in [0.3, 0.4) is 0 Å². The molecule has 0 spiro atoms. The van der Waals surface area contributed by atoms with Gasteiger partial charge in [0.2, 0.25) is 10.0 Å². The molecule has 18 heavy (non-hydrogen) atoms. The first kappa shape index (κ1) is 13.1. The number of benzene rings is 1. The van der Waals surface area contributed by atoms with E-state index in [1.165, 1.54) is 16.8 Å². The van der Waals surface area contributed by atoms with E-state index in [-0.39, 0.29) is 0 Å². The summed E-state index contributed by atoms with van der Waals surface area (Å²) in [6.07, 6.45) is 1.69. The maximum Gasteiger partial charge on any atom is 0.230 e. The first-order valence-electron chi connectivity index (χ1n) is 6.01. The quantitative estimate of drug-likeness (QED) is 0.816. The fourth-order valence-electron chi connectivity index (χ4n) is 2.18. The third kappa shape index (κ3) is 2.40. The van der Waals surface area contributed by atoms with Crippen molar-refractivity contribution in [2.75, 3.05) is 6.54 Å². The summed E-state index contributed by atoms with van der Waals surface area (Å²) in [5.41, 5.74) is 2.25. The van der Waals surface area contributed by atoms with Gasteiger partial charge in [-0.25, -0.2) is 8.42 Å². The molecule has 0 amide bonds. The van der Waals surface area contributed by atoms with Crippen LogP contribution in [0.4, 0.5) is 0 Å². The van der Waals surface area contributed by atoms with Crippen molar-refractivity contribution in [1.82, 2.24) is 4.31 Å². The Hall–Kier alpha value is -1.38. The van der Waals surface area contributed by atoms with Crippen LogP contribution in [0.2, 0.25) is 0 Å². The van der Waals surface area contributed by atoms with Crippen LogP contribution in [-0.4, -0.2) is 24.5 Å². The van der Waals surface area contributed by atoms with E-state index >= 15 is 0 Å². The van der Waals surface area contributed by atoms with Crippen molar-refractivity contribution in [2.24, 2.45) is 0 Å². The predicted octanol–water partition coefficient (Wildman–Crippen LogP) is 1.68. The smallest absolute Gasteiger partial charge is 0.211 e. The van der Waals surface area contributed by atoms with Gasteiger partial charge in [-0.2, -0.15) is 9.57 Å². The zero-order valence-electron chi connectivity index (χ0n) is 10.3. The van der Waals surface area contributed by atoms with Crippen molar-refractivity contribution in [3.8, 4) is 6.07 Å². The Kier molecular flexibility index (Phi) is 3.69. The first-order valence-corrected chi connectivity index (χ1v) is 7.51. The van der Waals surface area contributed by atoms with Gasteiger partial charge in [0.05, 0.1) is 6.07 Å². The summed E-state index contributed by atoms with van der Waals surface area (Å²) in [6, 6.07) is 9.71. The normalized spacial score (nSPS) is 18.4. The average molecular weight is 264 g/mol. The molecule has 1 heterocycles. The zero-order chi connectivity index (χ0) is 13.2. The van der Waals surface area contributed by atoms with Gasteiger partial charge in [-0.05, 0) is 30.9 Å². The molecule has 5 heteroatoms. The van der Waals surface area contributed by atoms with Crippen molar-refractivity contribution in [3.63, 3.8) is 0 Å². The van der Waals surface area contributed by atoms with Crippen molar-refractivity contribution < 1.29 is 8.42 Å². The summed E-state index contributed by atoms with van der Waals surface area (Å²) in [5.74, 6) is 0. The van der Waals surface area contributed by atoms with Gasteiger partial charge in [0.15, 0.2) is 5.25 Å². The van der Waals surface area contributed by atoms with Gasteiger partial charge >= 0.3 is 0 Å². The molecule has 0 N–H and O–H groups in total. The number of nitriles is 1. The topological polar surface area (TPSA) is 61.2 Å². The molecule has 1 aromatic rings. The van der Waals surface area contributed by atoms with Crippen LogP contribution in [0.1, 0.15) is 24.5 Å². The van der Waals surface area contributed by atoms with Crippen LogP contribution < -0.4 is 0 Å². The van der Waals surface area contributed by atoms with E-state index in [0.29, 0.717) is 13.1 Å². The van der Waals surface area contributed by atoms with Gasteiger partial charge in [-0.15, -0.1) is 0 Å². The van der Waals surface area contributed by atoms with Gasteiger partial charge in [0, 0.05) is 13.1 Å². The highest BCUT2D eigenvalue weighted by molar-refractivity contribution is 7.89. The number of fused-ring (bicyclic) bond motifs is 1. The molecular weight excluding hydrogens is 248 g/mol. The van der Waals surface area contributed by atoms with E-state index in [2.05, 4.69) is 0 Å². The minimum Gasteiger partial charge on any atom is -0.211 e. The van der Waals surface area contributed by atoms with Crippen molar-refractivity contribution in [3.05, 3.63) is 35.4 Å². The Bertz CT molecular complexity index is 575. The zero-order valence-corrected chi connectivity index (χ0v) is 11.2. The molecule has 0 radical (unpaired) electrons. The maximum atomic E-state index is 12.2. The van der Waals surface area contributed by atoms with Crippen molar-refractivity contribution >= 4 is 10.0 Å². The number of hydrogen-bond donors (Lipinski definition) is 0. The third-order valence-electron chi connectivity index (χ3n) is 3.31. The minimum absolute atomic E-state index is 0.379. The Balaban J connectivity index is 2.31. The van der Waals surface area contributed by atoms with Gasteiger partial charge in [-0.3, -0.25) is 0 Å². The van der Waals surface area contributed by atoms with Crippen LogP contribution in [0, 0.1) is 11.3 Å². The van der Waals surface area contributed by atoms with E-state index in [1.807, 2.05) is 30.3 Å². The van der Waals surface area contributed by atoms with Gasteiger partial charge < -0.3 is 0 Å². The standard InChI is InChI=1S/C13H16N2O2S/c1-11(9-14)18(16,17)15-8-4-7-12-5-2-3-6-13(12)10-15/h2-3,5-6,11H,4,7-8,10H2,1H3. The summed E-state index contributed by atoms with van der Waals surface area (Å²) in [5, 5.41) is 7.83. The molecule has 0 fully saturated rings. The van der Waals surface area contributed by atoms with Gasteiger partial charge in [-0.1, -0.05) is 24.3 Å². The number of hydrogen-bond acceptors (Lipinski definition) is 3. The summed E-state index contributed by atoms with van der Waals surface area (Å²) in [6.45, 7) is 2.31. The number of nitrogens with zero attached hydrogens (tertiary/aromatic N) is 2. The molecule has 1 unspecified atom stereocenters. The van der Waals surface area contributed by atoms with E-state index in [9.17, 15) is 8.42 Å². The lowest BCUT2D eigenvalue weighted by Gasteiger charge is -2.21. The molecule has 1 aliphatic rings. The molecule has 2 rings (SSSR count). The van der Waals surface area contributed by atoms with Gasteiger partial charge in [0.25, 0.3) is 0 Å². The fourth-order valence-corrected chi connectivity index (χ4v) is 3.46. The summed E-state index contributed by atoms with van der Waals surface area (Å²) in [7, 11) is -3.51. The lowest BCUT2D eigenvalue weighted by molar-refractivity contribution is 0.407. The third-order valence-corrected chi connectivity index (χ3v) is 5.34. The SMILES string of the molecule is CC(C#N)S(=O)(=O)N1CCCc2ccccc2C1. The largest absolute Gasteiger partial charge is 0.230 e. The van der Waals surface area contributed by atoms with E-state index < -0.39 is 15.3 Å². The van der Waals surface area contributed by atoms with Crippen molar-refractivity contribution in [2.45, 2.75) is 31.6 Å². The van der Waals surface area contributed by atoms with E-state index in [0.717, 1.165) is 18.4 Å². The Labute approximate surface area is 108 Å². The lowest BCUT2D eigenvalue weighted by atomic mass is 10.0. The highest BCUT2D eigenvalue weighted by Crippen LogP contribution is 2.22. The minimum atomic E-state index is -3.51. The molecule has 1 aliphatic heterocycles. The van der Waals surface area contributed by atoms with Crippen molar-refractivity contribution in [1.29, 1.82) is 5.26 Å². The Morgan fingerprint density at radius 3 is 2.67 bits per heavy atom. The molecule has 0 aromatic heterocycles. The first-order chi connectivity index (χ1) is 8.55. The summed E-state index contributed by atoms with van der Waals surface area (Å²) in [4.78, 5) is 0. The second-order valence-electron chi connectivity index (χ2n) is 4.52. The Morgan fingerprint density at radius 1 is 1.33 bits per heavy atom. The monoisotopic (exact) mass is 264 g/mol. The van der Waals surface area contributed by atoms with Crippen LogP contribution in [0.15, 0.2) is 24.3 Å². The molecule has 0 saturated heterocycles. The van der Waals surface area contributed by atoms with E-state index in [1.54, 1.807) is 0 Å². The number of aryl methyl sites for hydroxylation is 1. The van der Waals surface area contributed by atoms with E-state index in [4.69, 9.17) is 5.26 Å². The molecule has 0 aliphatic carbocycles. The molecule has 0 saturated carbocycles. The molecule has 1 aromatic carbocycles. The summed E-state index contributed by atoms with van der Waals surface area (Å²) >= 11 is 0. The highest BCUT2D eigenvalue weighted by Gasteiger charge is 2.30.